The molecule has 1 amide bonds. The fourth-order valence-corrected chi connectivity index (χ4v) is 1.95. The lowest BCUT2D eigenvalue weighted by Crippen LogP contribution is -2.29. The first-order chi connectivity index (χ1) is 10.1. The Hall–Kier alpha value is -2.15. The van der Waals surface area contributed by atoms with Gasteiger partial charge in [-0.1, -0.05) is 6.07 Å². The zero-order valence-electron chi connectivity index (χ0n) is 11.7. The monoisotopic (exact) mass is 311 g/mol. The first kappa shape index (κ1) is 16.9. The van der Waals surface area contributed by atoms with Crippen LogP contribution in [0.1, 0.15) is 17.7 Å². The maximum atomic E-state index is 11.4. The van der Waals surface area contributed by atoms with E-state index < -0.39 is 11.9 Å². The van der Waals surface area contributed by atoms with Crippen LogP contribution in [0.3, 0.4) is 0 Å². The Kier molecular flexibility index (Phi) is 7.81. The summed E-state index contributed by atoms with van der Waals surface area (Å²) in [5, 5.41) is 4.44. The molecule has 21 heavy (non-hydrogen) atoms. The molecule has 1 aromatic heterocycles. The van der Waals surface area contributed by atoms with E-state index in [1.165, 1.54) is 24.5 Å². The molecule has 114 valence electrons. The minimum atomic E-state index is -0.576. The van der Waals surface area contributed by atoms with Crippen LogP contribution in [0.2, 0.25) is 0 Å². The number of thiophene rings is 1. The fraction of sp³-hybridized carbons (Fsp3) is 0.357. The number of nitrogens with one attached hydrogen (secondary N) is 1. The first-order valence-electron chi connectivity index (χ1n) is 6.33. The summed E-state index contributed by atoms with van der Waals surface area (Å²) in [6, 6.07) is 3.74. The van der Waals surface area contributed by atoms with E-state index >= 15 is 0 Å². The lowest BCUT2D eigenvalue weighted by Gasteiger charge is -2.04. The van der Waals surface area contributed by atoms with Crippen molar-refractivity contribution < 1.29 is 23.9 Å². The maximum Gasteiger partial charge on any atom is 0.331 e. The number of esters is 2. The molecule has 0 aromatic carbocycles. The largest absolute Gasteiger partial charge is 0.469 e. The van der Waals surface area contributed by atoms with Crippen LogP contribution in [0, 0.1) is 0 Å². The molecule has 0 aliphatic carbocycles. The van der Waals surface area contributed by atoms with E-state index in [0.717, 1.165) is 4.88 Å². The van der Waals surface area contributed by atoms with Crippen molar-refractivity contribution in [2.75, 3.05) is 20.3 Å². The SMILES string of the molecule is COC(=O)CCCNC(=O)COC(=O)/C=C/c1cccs1. The molecule has 0 aliphatic rings. The van der Waals surface area contributed by atoms with E-state index in [-0.39, 0.29) is 19.0 Å². The van der Waals surface area contributed by atoms with Crippen LogP contribution in [0.25, 0.3) is 6.08 Å². The van der Waals surface area contributed by atoms with Gasteiger partial charge in [0.1, 0.15) is 0 Å². The Morgan fingerprint density at radius 2 is 2.19 bits per heavy atom. The Bertz CT molecular complexity index is 495. The summed E-state index contributed by atoms with van der Waals surface area (Å²) in [4.78, 5) is 34.5. The number of amides is 1. The number of hydrogen-bond donors (Lipinski definition) is 1. The standard InChI is InChI=1S/C14H17NO5S/c1-19-13(17)5-2-8-15-12(16)10-20-14(18)7-6-11-4-3-9-21-11/h3-4,6-7,9H,2,5,8,10H2,1H3,(H,15,16)/b7-6+. The molecule has 0 bridgehead atoms. The lowest BCUT2D eigenvalue weighted by atomic mass is 10.3. The molecule has 0 spiro atoms. The van der Waals surface area contributed by atoms with Gasteiger partial charge in [0.2, 0.25) is 0 Å². The molecule has 0 fully saturated rings. The van der Waals surface area contributed by atoms with Crippen molar-refractivity contribution in [1.29, 1.82) is 0 Å². The number of hydrogen-bond acceptors (Lipinski definition) is 6. The minimum absolute atomic E-state index is 0.236. The average molecular weight is 311 g/mol. The summed E-state index contributed by atoms with van der Waals surface area (Å²) in [5.41, 5.74) is 0. The third kappa shape index (κ3) is 7.88. The summed E-state index contributed by atoms with van der Waals surface area (Å²) in [5.74, 6) is -1.31. The van der Waals surface area contributed by atoms with E-state index in [2.05, 4.69) is 10.1 Å². The van der Waals surface area contributed by atoms with Gasteiger partial charge in [0.25, 0.3) is 5.91 Å². The third-order valence-corrected chi connectivity index (χ3v) is 3.22. The molecule has 1 aromatic rings. The zero-order chi connectivity index (χ0) is 15.5. The number of carbonyl (C=O) groups is 3. The van der Waals surface area contributed by atoms with E-state index in [0.29, 0.717) is 13.0 Å². The summed E-state index contributed by atoms with van der Waals surface area (Å²) < 4.78 is 9.24. The van der Waals surface area contributed by atoms with Crippen LogP contribution in [-0.4, -0.2) is 38.1 Å². The summed E-state index contributed by atoms with van der Waals surface area (Å²) in [6.45, 7) is -0.0116. The minimum Gasteiger partial charge on any atom is -0.469 e. The Balaban J connectivity index is 2.12. The van der Waals surface area contributed by atoms with Gasteiger partial charge in [-0.2, -0.15) is 0 Å². The van der Waals surface area contributed by atoms with Gasteiger partial charge in [0.15, 0.2) is 6.61 Å². The van der Waals surface area contributed by atoms with Crippen LogP contribution in [-0.2, 0) is 23.9 Å². The maximum absolute atomic E-state index is 11.4. The summed E-state index contributed by atoms with van der Waals surface area (Å²) in [7, 11) is 1.31. The number of rotatable bonds is 8. The van der Waals surface area contributed by atoms with Crippen molar-refractivity contribution in [3.8, 4) is 0 Å². The third-order valence-electron chi connectivity index (χ3n) is 2.38. The molecule has 0 atom stereocenters. The van der Waals surface area contributed by atoms with Crippen LogP contribution in [0.5, 0.6) is 0 Å². The Morgan fingerprint density at radius 3 is 2.86 bits per heavy atom. The van der Waals surface area contributed by atoms with Gasteiger partial charge in [-0.15, -0.1) is 11.3 Å². The van der Waals surface area contributed by atoms with Crippen molar-refractivity contribution in [2.45, 2.75) is 12.8 Å². The van der Waals surface area contributed by atoms with E-state index in [4.69, 9.17) is 4.74 Å². The van der Waals surface area contributed by atoms with Crippen molar-refractivity contribution in [3.63, 3.8) is 0 Å². The summed E-state index contributed by atoms with van der Waals surface area (Å²) >= 11 is 1.50. The summed E-state index contributed by atoms with van der Waals surface area (Å²) in [6.07, 6.45) is 3.61. The quantitative estimate of drug-likeness (QED) is 0.445. The second-order valence-electron chi connectivity index (χ2n) is 3.99. The molecule has 0 saturated heterocycles. The highest BCUT2D eigenvalue weighted by Crippen LogP contribution is 2.09. The van der Waals surface area contributed by atoms with Crippen molar-refractivity contribution in [2.24, 2.45) is 0 Å². The Morgan fingerprint density at radius 1 is 1.38 bits per heavy atom. The van der Waals surface area contributed by atoms with Gasteiger partial charge in [-0.05, 0) is 23.9 Å². The molecule has 7 heteroatoms. The number of carbonyl (C=O) groups excluding carboxylic acids is 3. The van der Waals surface area contributed by atoms with Crippen LogP contribution < -0.4 is 5.32 Å². The number of methoxy groups -OCH3 is 1. The number of ether oxygens (including phenoxy) is 2. The van der Waals surface area contributed by atoms with Gasteiger partial charge in [0, 0.05) is 23.9 Å². The normalized spacial score (nSPS) is 10.3. The van der Waals surface area contributed by atoms with Crippen molar-refractivity contribution >= 4 is 35.3 Å². The molecule has 1 N–H and O–H groups in total. The second-order valence-corrected chi connectivity index (χ2v) is 4.97. The molecule has 6 nitrogen and oxygen atoms in total. The molecule has 0 aliphatic heterocycles. The van der Waals surface area contributed by atoms with Crippen LogP contribution in [0.4, 0.5) is 0 Å². The highest BCUT2D eigenvalue weighted by molar-refractivity contribution is 7.10. The van der Waals surface area contributed by atoms with Crippen molar-refractivity contribution in [3.05, 3.63) is 28.5 Å². The molecular weight excluding hydrogens is 294 g/mol. The zero-order valence-corrected chi connectivity index (χ0v) is 12.5. The Labute approximate surface area is 126 Å². The molecule has 0 unspecified atom stereocenters. The molecular formula is C14H17NO5S. The van der Waals surface area contributed by atoms with Gasteiger partial charge >= 0.3 is 11.9 Å². The van der Waals surface area contributed by atoms with Gasteiger partial charge < -0.3 is 14.8 Å². The average Bonchev–Trinajstić information content (AvgIpc) is 3.00. The molecule has 0 radical (unpaired) electrons. The van der Waals surface area contributed by atoms with E-state index in [9.17, 15) is 14.4 Å². The first-order valence-corrected chi connectivity index (χ1v) is 7.21. The van der Waals surface area contributed by atoms with Crippen molar-refractivity contribution in [1.82, 2.24) is 5.32 Å². The smallest absolute Gasteiger partial charge is 0.331 e. The fourth-order valence-electron chi connectivity index (χ4n) is 1.33. The predicted octanol–water partition coefficient (Wildman–Crippen LogP) is 1.37. The van der Waals surface area contributed by atoms with Gasteiger partial charge in [-0.25, -0.2) is 4.79 Å². The highest BCUT2D eigenvalue weighted by Gasteiger charge is 2.05. The topological polar surface area (TPSA) is 81.7 Å². The highest BCUT2D eigenvalue weighted by atomic mass is 32.1. The van der Waals surface area contributed by atoms with Crippen LogP contribution in [0.15, 0.2) is 23.6 Å². The molecule has 0 saturated carbocycles. The molecule has 1 rings (SSSR count). The predicted molar refractivity (Wildman–Crippen MR) is 78.6 cm³/mol. The van der Waals surface area contributed by atoms with Crippen LogP contribution >= 0.6 is 11.3 Å². The lowest BCUT2D eigenvalue weighted by molar-refractivity contribution is -0.143. The molecule has 1 heterocycles. The van der Waals surface area contributed by atoms with Gasteiger partial charge in [0.05, 0.1) is 7.11 Å². The second kappa shape index (κ2) is 9.71. The van der Waals surface area contributed by atoms with E-state index in [1.807, 2.05) is 17.5 Å². The van der Waals surface area contributed by atoms with Gasteiger partial charge in [-0.3, -0.25) is 9.59 Å². The van der Waals surface area contributed by atoms with E-state index in [1.54, 1.807) is 6.08 Å².